The lowest BCUT2D eigenvalue weighted by atomic mass is 9.91. The van der Waals surface area contributed by atoms with E-state index in [0.717, 1.165) is 25.3 Å². The summed E-state index contributed by atoms with van der Waals surface area (Å²) in [7, 11) is 0. The first-order valence-corrected chi connectivity index (χ1v) is 4.61. The number of hydrogen-bond donors (Lipinski definition) is 3. The molecule has 1 fully saturated rings. The van der Waals surface area contributed by atoms with Crippen LogP contribution in [0.4, 0.5) is 0 Å². The third-order valence-corrected chi connectivity index (χ3v) is 2.48. The van der Waals surface area contributed by atoms with Crippen molar-refractivity contribution < 1.29 is 0 Å². The van der Waals surface area contributed by atoms with Gasteiger partial charge in [0.1, 0.15) is 5.82 Å². The molecule has 2 atom stereocenters. The second-order valence-electron chi connectivity index (χ2n) is 3.76. The van der Waals surface area contributed by atoms with Crippen molar-refractivity contribution in [3.8, 4) is 0 Å². The minimum atomic E-state index is -0.215. The molecule has 2 rings (SSSR count). The third kappa shape index (κ3) is 1.80. The molecule has 2 heterocycles. The van der Waals surface area contributed by atoms with E-state index in [1.165, 1.54) is 0 Å². The molecule has 1 aromatic rings. The zero-order valence-electron chi connectivity index (χ0n) is 7.63. The van der Waals surface area contributed by atoms with E-state index in [2.05, 4.69) is 27.4 Å². The SMILES string of the molecule is CC1CNCC(c2n[nH]c(=O)[nH]2)C1. The summed E-state index contributed by atoms with van der Waals surface area (Å²) >= 11 is 0. The van der Waals surface area contributed by atoms with Gasteiger partial charge in [0, 0.05) is 12.5 Å². The van der Waals surface area contributed by atoms with E-state index in [-0.39, 0.29) is 5.69 Å². The summed E-state index contributed by atoms with van der Waals surface area (Å²) in [6.07, 6.45) is 1.09. The van der Waals surface area contributed by atoms with Crippen molar-refractivity contribution in [3.63, 3.8) is 0 Å². The first-order valence-electron chi connectivity index (χ1n) is 4.61. The molecule has 1 aromatic heterocycles. The first kappa shape index (κ1) is 8.50. The topological polar surface area (TPSA) is 73.6 Å². The summed E-state index contributed by atoms with van der Waals surface area (Å²) in [4.78, 5) is 13.5. The van der Waals surface area contributed by atoms with E-state index < -0.39 is 0 Å². The monoisotopic (exact) mass is 182 g/mol. The van der Waals surface area contributed by atoms with Crippen molar-refractivity contribution >= 4 is 0 Å². The molecule has 5 heteroatoms. The molecule has 3 N–H and O–H groups in total. The minimum absolute atomic E-state index is 0.215. The van der Waals surface area contributed by atoms with Crippen molar-refractivity contribution in [2.24, 2.45) is 5.92 Å². The van der Waals surface area contributed by atoms with Gasteiger partial charge >= 0.3 is 5.69 Å². The molecule has 0 aliphatic carbocycles. The van der Waals surface area contributed by atoms with Crippen LogP contribution in [0.1, 0.15) is 25.1 Å². The number of piperidine rings is 1. The summed E-state index contributed by atoms with van der Waals surface area (Å²) in [5, 5.41) is 9.65. The Morgan fingerprint density at radius 1 is 1.46 bits per heavy atom. The van der Waals surface area contributed by atoms with Gasteiger partial charge in [0.05, 0.1) is 0 Å². The number of rotatable bonds is 1. The number of hydrogen-bond acceptors (Lipinski definition) is 3. The van der Waals surface area contributed by atoms with E-state index in [1.54, 1.807) is 0 Å². The Kier molecular flexibility index (Phi) is 2.18. The van der Waals surface area contributed by atoms with Crippen LogP contribution in [-0.2, 0) is 0 Å². The fourth-order valence-electron chi connectivity index (χ4n) is 1.84. The third-order valence-electron chi connectivity index (χ3n) is 2.48. The minimum Gasteiger partial charge on any atom is -0.316 e. The van der Waals surface area contributed by atoms with Crippen LogP contribution in [0.25, 0.3) is 0 Å². The van der Waals surface area contributed by atoms with Gasteiger partial charge in [-0.15, -0.1) is 0 Å². The number of nitrogens with one attached hydrogen (secondary N) is 3. The Bertz CT molecular complexity index is 329. The maximum absolute atomic E-state index is 10.8. The van der Waals surface area contributed by atoms with Crippen molar-refractivity contribution in [2.45, 2.75) is 19.3 Å². The molecule has 1 saturated heterocycles. The van der Waals surface area contributed by atoms with Crippen LogP contribution >= 0.6 is 0 Å². The van der Waals surface area contributed by atoms with Gasteiger partial charge in [-0.05, 0) is 18.9 Å². The van der Waals surface area contributed by atoms with Crippen LogP contribution in [-0.4, -0.2) is 28.3 Å². The van der Waals surface area contributed by atoms with Gasteiger partial charge in [0.15, 0.2) is 0 Å². The standard InChI is InChI=1S/C8H14N4O/c1-5-2-6(4-9-3-5)7-10-8(13)12-11-7/h5-6,9H,2-4H2,1H3,(H2,10,11,12,13). The van der Waals surface area contributed by atoms with Crippen LogP contribution in [0.5, 0.6) is 0 Å². The lowest BCUT2D eigenvalue weighted by Crippen LogP contribution is -2.34. The Labute approximate surface area is 75.9 Å². The van der Waals surface area contributed by atoms with Gasteiger partial charge in [-0.25, -0.2) is 9.89 Å². The van der Waals surface area contributed by atoms with Crippen molar-refractivity contribution in [3.05, 3.63) is 16.3 Å². The molecule has 5 nitrogen and oxygen atoms in total. The summed E-state index contributed by atoms with van der Waals surface area (Å²) in [6.45, 7) is 4.17. The predicted octanol–water partition coefficient (Wildman–Crippen LogP) is -0.189. The molecule has 0 saturated carbocycles. The molecule has 0 bridgehead atoms. The van der Waals surface area contributed by atoms with E-state index in [0.29, 0.717) is 11.8 Å². The Morgan fingerprint density at radius 2 is 2.31 bits per heavy atom. The van der Waals surface area contributed by atoms with Gasteiger partial charge in [0.25, 0.3) is 0 Å². The van der Waals surface area contributed by atoms with Crippen LogP contribution < -0.4 is 11.0 Å². The molecule has 1 aliphatic rings. The highest BCUT2D eigenvalue weighted by molar-refractivity contribution is 4.97. The van der Waals surface area contributed by atoms with Crippen LogP contribution in [0, 0.1) is 5.92 Å². The second-order valence-corrected chi connectivity index (χ2v) is 3.76. The van der Waals surface area contributed by atoms with Crippen molar-refractivity contribution in [1.29, 1.82) is 0 Å². The molecule has 0 spiro atoms. The van der Waals surface area contributed by atoms with E-state index in [9.17, 15) is 4.79 Å². The van der Waals surface area contributed by atoms with Gasteiger partial charge in [-0.1, -0.05) is 6.92 Å². The van der Waals surface area contributed by atoms with Crippen LogP contribution in [0.15, 0.2) is 4.79 Å². The summed E-state index contributed by atoms with van der Waals surface area (Å²) < 4.78 is 0. The average molecular weight is 182 g/mol. The second kappa shape index (κ2) is 3.33. The zero-order chi connectivity index (χ0) is 9.26. The molecule has 13 heavy (non-hydrogen) atoms. The molecule has 2 unspecified atom stereocenters. The summed E-state index contributed by atoms with van der Waals surface area (Å²) in [5.74, 6) is 1.78. The number of aromatic nitrogens is 3. The highest BCUT2D eigenvalue weighted by atomic mass is 16.1. The van der Waals surface area contributed by atoms with Gasteiger partial charge in [-0.2, -0.15) is 5.10 Å². The van der Waals surface area contributed by atoms with Crippen molar-refractivity contribution in [1.82, 2.24) is 20.5 Å². The molecule has 0 aromatic carbocycles. The Hall–Kier alpha value is -1.10. The normalized spacial score (nSPS) is 29.0. The number of nitrogens with zero attached hydrogens (tertiary/aromatic N) is 1. The first-order chi connectivity index (χ1) is 6.25. The van der Waals surface area contributed by atoms with Gasteiger partial charge < -0.3 is 5.32 Å². The highest BCUT2D eigenvalue weighted by Crippen LogP contribution is 2.22. The van der Waals surface area contributed by atoms with Crippen LogP contribution in [0.3, 0.4) is 0 Å². The number of H-pyrrole nitrogens is 2. The zero-order valence-corrected chi connectivity index (χ0v) is 7.63. The number of aromatic amines is 2. The summed E-state index contributed by atoms with van der Waals surface area (Å²) in [6, 6.07) is 0. The molecular weight excluding hydrogens is 168 g/mol. The quantitative estimate of drug-likeness (QED) is 0.563. The summed E-state index contributed by atoms with van der Waals surface area (Å²) in [5.41, 5.74) is -0.215. The van der Waals surface area contributed by atoms with Gasteiger partial charge in [0.2, 0.25) is 0 Å². The maximum atomic E-state index is 10.8. The lowest BCUT2D eigenvalue weighted by Gasteiger charge is -2.25. The fourth-order valence-corrected chi connectivity index (χ4v) is 1.84. The largest absolute Gasteiger partial charge is 0.340 e. The average Bonchev–Trinajstić information content (AvgIpc) is 2.52. The van der Waals surface area contributed by atoms with Gasteiger partial charge in [-0.3, -0.25) is 4.98 Å². The van der Waals surface area contributed by atoms with Crippen LogP contribution in [0.2, 0.25) is 0 Å². The van der Waals surface area contributed by atoms with Crippen molar-refractivity contribution in [2.75, 3.05) is 13.1 Å². The molecule has 0 amide bonds. The molecule has 1 aliphatic heterocycles. The maximum Gasteiger partial charge on any atom is 0.340 e. The molecule has 0 radical (unpaired) electrons. The predicted molar refractivity (Wildman–Crippen MR) is 48.6 cm³/mol. The smallest absolute Gasteiger partial charge is 0.316 e. The fraction of sp³-hybridized carbons (Fsp3) is 0.750. The Morgan fingerprint density at radius 3 is 2.92 bits per heavy atom. The van der Waals surface area contributed by atoms with E-state index in [1.807, 2.05) is 0 Å². The highest BCUT2D eigenvalue weighted by Gasteiger charge is 2.22. The molecule has 72 valence electrons. The van der Waals surface area contributed by atoms with E-state index in [4.69, 9.17) is 0 Å². The van der Waals surface area contributed by atoms with E-state index >= 15 is 0 Å². The Balaban J connectivity index is 2.12. The lowest BCUT2D eigenvalue weighted by molar-refractivity contribution is 0.355. The molecular formula is C8H14N4O.